The third-order valence-electron chi connectivity index (χ3n) is 3.06. The molecule has 0 bridgehead atoms. The second-order valence-corrected chi connectivity index (χ2v) is 4.39. The Labute approximate surface area is 106 Å². The number of nitrogens with zero attached hydrogens (tertiary/aromatic N) is 1. The fourth-order valence-corrected chi connectivity index (χ4v) is 2.16. The van der Waals surface area contributed by atoms with Crippen LogP contribution in [0.1, 0.15) is 5.56 Å². The molecule has 1 heterocycles. The van der Waals surface area contributed by atoms with Gasteiger partial charge in [0.05, 0.1) is 11.2 Å². The quantitative estimate of drug-likeness (QED) is 0.693. The van der Waals surface area contributed by atoms with Gasteiger partial charge in [-0.1, -0.05) is 30.3 Å². The van der Waals surface area contributed by atoms with Gasteiger partial charge in [-0.3, -0.25) is 0 Å². The van der Waals surface area contributed by atoms with Gasteiger partial charge in [0.1, 0.15) is 5.75 Å². The van der Waals surface area contributed by atoms with Crippen molar-refractivity contribution in [3.8, 4) is 17.0 Å². The number of hydrogen-bond acceptors (Lipinski definition) is 2. The van der Waals surface area contributed by atoms with Crippen LogP contribution in [0.3, 0.4) is 0 Å². The molecule has 18 heavy (non-hydrogen) atoms. The first-order chi connectivity index (χ1) is 8.74. The number of aryl methyl sites for hydroxylation is 1. The molecule has 0 fully saturated rings. The van der Waals surface area contributed by atoms with Crippen LogP contribution in [-0.4, -0.2) is 10.1 Å². The lowest BCUT2D eigenvalue weighted by atomic mass is 10.1. The molecule has 0 spiro atoms. The van der Waals surface area contributed by atoms with Crippen molar-refractivity contribution in [3.63, 3.8) is 0 Å². The van der Waals surface area contributed by atoms with Gasteiger partial charge in [-0.05, 0) is 36.8 Å². The van der Waals surface area contributed by atoms with E-state index in [9.17, 15) is 5.11 Å². The molecule has 0 aliphatic heterocycles. The van der Waals surface area contributed by atoms with Crippen LogP contribution in [-0.2, 0) is 0 Å². The van der Waals surface area contributed by atoms with Crippen LogP contribution in [0.15, 0.2) is 54.6 Å². The molecule has 0 aliphatic rings. The molecule has 2 heteroatoms. The van der Waals surface area contributed by atoms with E-state index in [1.807, 2.05) is 30.3 Å². The van der Waals surface area contributed by atoms with Crippen LogP contribution < -0.4 is 0 Å². The van der Waals surface area contributed by atoms with E-state index < -0.39 is 0 Å². The van der Waals surface area contributed by atoms with Gasteiger partial charge in [0.25, 0.3) is 0 Å². The summed E-state index contributed by atoms with van der Waals surface area (Å²) in [6.45, 7) is 2.08. The summed E-state index contributed by atoms with van der Waals surface area (Å²) in [5.74, 6) is 0.264. The number of aromatic hydroxyl groups is 1. The minimum Gasteiger partial charge on any atom is -0.508 e. The smallest absolute Gasteiger partial charge is 0.116 e. The van der Waals surface area contributed by atoms with Crippen LogP contribution in [0.4, 0.5) is 0 Å². The molecule has 0 amide bonds. The van der Waals surface area contributed by atoms with Crippen LogP contribution >= 0.6 is 0 Å². The summed E-state index contributed by atoms with van der Waals surface area (Å²) in [7, 11) is 0. The molecule has 1 N–H and O–H groups in total. The number of rotatable bonds is 1. The summed E-state index contributed by atoms with van der Waals surface area (Å²) in [6, 6.07) is 17.3. The lowest BCUT2D eigenvalue weighted by Crippen LogP contribution is -1.88. The molecular formula is C16H13NO. The topological polar surface area (TPSA) is 33.1 Å². The zero-order chi connectivity index (χ0) is 12.5. The zero-order valence-corrected chi connectivity index (χ0v) is 10.1. The third kappa shape index (κ3) is 1.82. The highest BCUT2D eigenvalue weighted by Gasteiger charge is 2.04. The Morgan fingerprint density at radius 1 is 0.944 bits per heavy atom. The number of pyridine rings is 1. The molecule has 0 saturated carbocycles. The highest BCUT2D eigenvalue weighted by molar-refractivity contribution is 5.84. The van der Waals surface area contributed by atoms with Crippen molar-refractivity contribution < 1.29 is 5.11 Å². The van der Waals surface area contributed by atoms with Crippen molar-refractivity contribution >= 4 is 10.9 Å². The predicted molar refractivity (Wildman–Crippen MR) is 73.6 cm³/mol. The summed E-state index contributed by atoms with van der Waals surface area (Å²) < 4.78 is 0. The summed E-state index contributed by atoms with van der Waals surface area (Å²) >= 11 is 0. The Kier molecular flexibility index (Phi) is 2.49. The number of aromatic nitrogens is 1. The first-order valence-corrected chi connectivity index (χ1v) is 5.90. The average molecular weight is 235 g/mol. The summed E-state index contributed by atoms with van der Waals surface area (Å²) in [5, 5.41) is 10.7. The Balaban J connectivity index is 2.24. The second kappa shape index (κ2) is 4.15. The molecule has 0 atom stereocenters. The van der Waals surface area contributed by atoms with E-state index in [1.165, 1.54) is 10.9 Å². The summed E-state index contributed by atoms with van der Waals surface area (Å²) in [4.78, 5) is 4.64. The van der Waals surface area contributed by atoms with Gasteiger partial charge in [-0.15, -0.1) is 0 Å². The highest BCUT2D eigenvalue weighted by Crippen LogP contribution is 2.26. The van der Waals surface area contributed by atoms with E-state index in [0.29, 0.717) is 0 Å². The molecule has 0 radical (unpaired) electrons. The Morgan fingerprint density at radius 2 is 1.78 bits per heavy atom. The molecule has 0 saturated heterocycles. The normalized spacial score (nSPS) is 10.7. The average Bonchev–Trinajstić information content (AvgIpc) is 2.39. The van der Waals surface area contributed by atoms with Crippen LogP contribution in [0.2, 0.25) is 0 Å². The molecule has 0 unspecified atom stereocenters. The number of benzene rings is 2. The molecule has 88 valence electrons. The molecule has 3 rings (SSSR count). The number of para-hydroxylation sites is 1. The van der Waals surface area contributed by atoms with Gasteiger partial charge in [-0.25, -0.2) is 4.98 Å². The first-order valence-electron chi connectivity index (χ1n) is 5.90. The van der Waals surface area contributed by atoms with Gasteiger partial charge in [0.15, 0.2) is 0 Å². The molecule has 3 aromatic rings. The van der Waals surface area contributed by atoms with Crippen molar-refractivity contribution in [2.24, 2.45) is 0 Å². The van der Waals surface area contributed by atoms with Crippen LogP contribution in [0.5, 0.6) is 5.75 Å². The van der Waals surface area contributed by atoms with Gasteiger partial charge >= 0.3 is 0 Å². The number of phenolic OH excluding ortho intramolecular Hbond substituents is 1. The van der Waals surface area contributed by atoms with E-state index in [0.717, 1.165) is 16.8 Å². The van der Waals surface area contributed by atoms with Gasteiger partial charge in [0, 0.05) is 10.9 Å². The lowest BCUT2D eigenvalue weighted by molar-refractivity contribution is 0.475. The summed E-state index contributed by atoms with van der Waals surface area (Å²) in [6.07, 6.45) is 0. The van der Waals surface area contributed by atoms with Crippen molar-refractivity contribution in [1.29, 1.82) is 0 Å². The maximum atomic E-state index is 9.53. The molecule has 1 aromatic heterocycles. The van der Waals surface area contributed by atoms with E-state index in [-0.39, 0.29) is 5.75 Å². The predicted octanol–water partition coefficient (Wildman–Crippen LogP) is 3.92. The Hall–Kier alpha value is -2.35. The van der Waals surface area contributed by atoms with E-state index in [1.54, 1.807) is 12.1 Å². The van der Waals surface area contributed by atoms with Gasteiger partial charge in [-0.2, -0.15) is 0 Å². The second-order valence-electron chi connectivity index (χ2n) is 4.39. The summed E-state index contributed by atoms with van der Waals surface area (Å²) in [5.41, 5.74) is 4.00. The molecular weight excluding hydrogens is 222 g/mol. The fourth-order valence-electron chi connectivity index (χ4n) is 2.16. The largest absolute Gasteiger partial charge is 0.508 e. The van der Waals surface area contributed by atoms with Crippen LogP contribution in [0.25, 0.3) is 22.2 Å². The Bertz CT molecular complexity index is 719. The number of phenols is 1. The number of hydrogen-bond donors (Lipinski definition) is 1. The maximum Gasteiger partial charge on any atom is 0.116 e. The van der Waals surface area contributed by atoms with Crippen molar-refractivity contribution in [2.75, 3.05) is 0 Å². The van der Waals surface area contributed by atoms with Crippen molar-refractivity contribution in [2.45, 2.75) is 6.92 Å². The van der Waals surface area contributed by atoms with Gasteiger partial charge < -0.3 is 5.11 Å². The first kappa shape index (κ1) is 10.8. The van der Waals surface area contributed by atoms with Crippen molar-refractivity contribution in [3.05, 3.63) is 60.2 Å². The molecule has 2 nitrogen and oxygen atoms in total. The number of fused-ring (bicyclic) bond motifs is 1. The maximum absolute atomic E-state index is 9.53. The van der Waals surface area contributed by atoms with Gasteiger partial charge in [0.2, 0.25) is 0 Å². The van der Waals surface area contributed by atoms with E-state index >= 15 is 0 Å². The minimum absolute atomic E-state index is 0.264. The minimum atomic E-state index is 0.264. The fraction of sp³-hybridized carbons (Fsp3) is 0.0625. The molecule has 0 aliphatic carbocycles. The standard InChI is InChI=1S/C16H13NO/c1-11-9-16(12-5-4-6-13(18)10-12)17-15-8-3-2-7-14(11)15/h2-10,18H,1H3. The van der Waals surface area contributed by atoms with Crippen molar-refractivity contribution in [1.82, 2.24) is 4.98 Å². The monoisotopic (exact) mass is 235 g/mol. The van der Waals surface area contributed by atoms with Crippen LogP contribution in [0, 0.1) is 6.92 Å². The third-order valence-corrected chi connectivity index (χ3v) is 3.06. The lowest BCUT2D eigenvalue weighted by Gasteiger charge is -2.06. The SMILES string of the molecule is Cc1cc(-c2cccc(O)c2)nc2ccccc12. The van der Waals surface area contributed by atoms with E-state index in [4.69, 9.17) is 0 Å². The molecule has 2 aromatic carbocycles. The zero-order valence-electron chi connectivity index (χ0n) is 10.1. The highest BCUT2D eigenvalue weighted by atomic mass is 16.3. The van der Waals surface area contributed by atoms with E-state index in [2.05, 4.69) is 24.0 Å². The Morgan fingerprint density at radius 3 is 2.61 bits per heavy atom.